The van der Waals surface area contributed by atoms with Crippen LogP contribution in [-0.2, 0) is 17.6 Å². The topological polar surface area (TPSA) is 94.3 Å². The van der Waals surface area contributed by atoms with Crippen LogP contribution in [0.4, 0.5) is 10.7 Å². The largest absolute Gasteiger partial charge is 0.462 e. The van der Waals surface area contributed by atoms with Crippen molar-refractivity contribution in [2.24, 2.45) is 0 Å². The molecule has 0 saturated carbocycles. The van der Waals surface area contributed by atoms with Crippen LogP contribution in [0.25, 0.3) is 10.2 Å². The second kappa shape index (κ2) is 9.58. The van der Waals surface area contributed by atoms with E-state index in [2.05, 4.69) is 24.1 Å². The van der Waals surface area contributed by atoms with Gasteiger partial charge in [-0.25, -0.2) is 9.78 Å². The minimum atomic E-state index is -0.367. The van der Waals surface area contributed by atoms with E-state index in [4.69, 9.17) is 10.5 Å². The summed E-state index contributed by atoms with van der Waals surface area (Å²) >= 11 is 2.79. The predicted octanol–water partition coefficient (Wildman–Crippen LogP) is 6.15. The number of nitrogens with two attached hydrogens (primary N) is 1. The summed E-state index contributed by atoms with van der Waals surface area (Å²) in [5.74, 6) is -0.387. The first kappa shape index (κ1) is 22.7. The number of nitrogen functional groups attached to an aromatic ring is 1. The molecule has 0 saturated heterocycles. The number of carbonyl (C=O) groups excluding carboxylic acids is 2. The summed E-state index contributed by atoms with van der Waals surface area (Å²) in [6, 6.07) is 3.89. The lowest BCUT2D eigenvalue weighted by Crippen LogP contribution is -2.15. The van der Waals surface area contributed by atoms with E-state index in [1.54, 1.807) is 6.92 Å². The molecule has 170 valence electrons. The molecule has 3 aromatic rings. The maximum atomic E-state index is 13.3. The Hall–Kier alpha value is -2.45. The van der Waals surface area contributed by atoms with Crippen molar-refractivity contribution >= 4 is 55.5 Å². The van der Waals surface area contributed by atoms with Gasteiger partial charge in [0.05, 0.1) is 17.9 Å². The molecule has 0 atom stereocenters. The van der Waals surface area contributed by atoms with Crippen LogP contribution in [0, 0.1) is 0 Å². The minimum Gasteiger partial charge on any atom is -0.462 e. The third-order valence-corrected chi connectivity index (χ3v) is 8.11. The van der Waals surface area contributed by atoms with Gasteiger partial charge < -0.3 is 15.8 Å². The second-order valence-corrected chi connectivity index (χ2v) is 10.5. The molecule has 3 aromatic heterocycles. The van der Waals surface area contributed by atoms with Crippen LogP contribution in [0.15, 0.2) is 12.1 Å². The summed E-state index contributed by atoms with van der Waals surface area (Å²) in [5, 5.41) is 4.33. The molecule has 1 amide bonds. The van der Waals surface area contributed by atoms with Gasteiger partial charge in [0.25, 0.3) is 5.91 Å². The number of rotatable bonds is 5. The van der Waals surface area contributed by atoms with Crippen molar-refractivity contribution in [1.82, 2.24) is 4.98 Å². The molecule has 3 N–H and O–H groups in total. The quantitative estimate of drug-likeness (QED) is 0.435. The zero-order chi connectivity index (χ0) is 22.8. The third kappa shape index (κ3) is 4.38. The highest BCUT2D eigenvalue weighted by Crippen LogP contribution is 2.39. The van der Waals surface area contributed by atoms with Gasteiger partial charge in [-0.1, -0.05) is 26.7 Å². The smallest absolute Gasteiger partial charge is 0.341 e. The fourth-order valence-corrected chi connectivity index (χ4v) is 6.36. The van der Waals surface area contributed by atoms with Crippen LogP contribution >= 0.6 is 22.7 Å². The summed E-state index contributed by atoms with van der Waals surface area (Å²) in [6.45, 7) is 6.25. The summed E-state index contributed by atoms with van der Waals surface area (Å²) in [6.07, 6.45) is 6.24. The number of pyridine rings is 1. The van der Waals surface area contributed by atoms with Crippen LogP contribution in [0.5, 0.6) is 0 Å². The highest BCUT2D eigenvalue weighted by Gasteiger charge is 2.27. The lowest BCUT2D eigenvalue weighted by Gasteiger charge is -2.11. The lowest BCUT2D eigenvalue weighted by molar-refractivity contribution is 0.0526. The van der Waals surface area contributed by atoms with E-state index in [0.29, 0.717) is 27.7 Å². The van der Waals surface area contributed by atoms with Gasteiger partial charge >= 0.3 is 5.97 Å². The molecule has 1 aliphatic rings. The first-order valence-electron chi connectivity index (χ1n) is 11.2. The average Bonchev–Trinajstić information content (AvgIpc) is 3.25. The number of esters is 1. The Labute approximate surface area is 196 Å². The average molecular weight is 472 g/mol. The lowest BCUT2D eigenvalue weighted by atomic mass is 9.96. The number of carbonyl (C=O) groups is 2. The van der Waals surface area contributed by atoms with Crippen molar-refractivity contribution in [2.45, 2.75) is 65.2 Å². The van der Waals surface area contributed by atoms with E-state index in [-0.39, 0.29) is 17.8 Å². The number of thiophene rings is 2. The summed E-state index contributed by atoms with van der Waals surface area (Å²) in [7, 11) is 0. The zero-order valence-electron chi connectivity index (χ0n) is 18.7. The number of nitrogens with zero attached hydrogens (tertiary/aromatic N) is 1. The number of fused-ring (bicyclic) bond motifs is 2. The molecule has 0 unspecified atom stereocenters. The standard InChI is InChI=1S/C24H29N3O3S2/c1-4-30-24(29)18-14-9-7-5-6-8-10-17(14)31-23(18)27-21(28)20-19(25)15-11-12-16(13(2)3)26-22(15)32-20/h11-13H,4-10,25H2,1-3H3,(H,27,28). The number of anilines is 2. The van der Waals surface area contributed by atoms with Crippen molar-refractivity contribution in [3.63, 3.8) is 0 Å². The molecule has 0 fully saturated rings. The fraction of sp³-hybridized carbons (Fsp3) is 0.458. The SMILES string of the molecule is CCOC(=O)c1c(NC(=O)c2sc3nc(C(C)C)ccc3c2N)sc2c1CCCCCC2. The molecule has 1 aliphatic carbocycles. The van der Waals surface area contributed by atoms with Gasteiger partial charge in [-0.3, -0.25) is 4.79 Å². The molecule has 3 heterocycles. The van der Waals surface area contributed by atoms with Gasteiger partial charge in [-0.2, -0.15) is 0 Å². The van der Waals surface area contributed by atoms with Crippen LogP contribution in [0.1, 0.15) is 88.5 Å². The Morgan fingerprint density at radius 1 is 1.16 bits per heavy atom. The van der Waals surface area contributed by atoms with Gasteiger partial charge in [-0.05, 0) is 56.2 Å². The highest BCUT2D eigenvalue weighted by atomic mass is 32.1. The molecule has 0 aliphatic heterocycles. The Morgan fingerprint density at radius 3 is 2.62 bits per heavy atom. The molecule has 8 heteroatoms. The second-order valence-electron chi connectivity index (χ2n) is 8.39. The third-order valence-electron chi connectivity index (χ3n) is 5.79. The van der Waals surface area contributed by atoms with Crippen LogP contribution in [-0.4, -0.2) is 23.5 Å². The van der Waals surface area contributed by atoms with Crippen molar-refractivity contribution in [3.05, 3.63) is 38.7 Å². The van der Waals surface area contributed by atoms with Crippen molar-refractivity contribution < 1.29 is 14.3 Å². The zero-order valence-corrected chi connectivity index (χ0v) is 20.4. The first-order valence-corrected chi connectivity index (χ1v) is 12.9. The summed E-state index contributed by atoms with van der Waals surface area (Å²) in [4.78, 5) is 33.1. The monoisotopic (exact) mass is 471 g/mol. The number of aromatic nitrogens is 1. The van der Waals surface area contributed by atoms with Gasteiger partial charge in [0.15, 0.2) is 0 Å². The normalized spacial score (nSPS) is 14.1. The molecule has 0 spiro atoms. The van der Waals surface area contributed by atoms with Crippen molar-refractivity contribution in [3.8, 4) is 0 Å². The number of ether oxygens (including phenoxy) is 1. The molecule has 32 heavy (non-hydrogen) atoms. The number of aryl methyl sites for hydroxylation is 1. The molecular formula is C24H29N3O3S2. The number of hydrogen-bond donors (Lipinski definition) is 2. The fourth-order valence-electron chi connectivity index (χ4n) is 4.09. The van der Waals surface area contributed by atoms with E-state index < -0.39 is 0 Å². The Balaban J connectivity index is 1.70. The van der Waals surface area contributed by atoms with Crippen LogP contribution in [0.2, 0.25) is 0 Å². The molecule has 4 rings (SSSR count). The Bertz CT molecular complexity index is 1160. The Kier molecular flexibility index (Phi) is 6.81. The number of amides is 1. The maximum Gasteiger partial charge on any atom is 0.341 e. The van der Waals surface area contributed by atoms with Gasteiger partial charge in [0.1, 0.15) is 14.7 Å². The molecule has 0 radical (unpaired) electrons. The molecule has 0 aromatic carbocycles. The predicted molar refractivity (Wildman–Crippen MR) is 132 cm³/mol. The summed E-state index contributed by atoms with van der Waals surface area (Å²) < 4.78 is 5.34. The molecular weight excluding hydrogens is 442 g/mol. The van der Waals surface area contributed by atoms with Gasteiger partial charge in [0.2, 0.25) is 0 Å². The van der Waals surface area contributed by atoms with E-state index in [9.17, 15) is 9.59 Å². The van der Waals surface area contributed by atoms with Gasteiger partial charge in [0, 0.05) is 16.0 Å². The van der Waals surface area contributed by atoms with Crippen LogP contribution in [0.3, 0.4) is 0 Å². The van der Waals surface area contributed by atoms with Crippen LogP contribution < -0.4 is 11.1 Å². The van der Waals surface area contributed by atoms with E-state index in [0.717, 1.165) is 53.6 Å². The van der Waals surface area contributed by atoms with E-state index >= 15 is 0 Å². The van der Waals surface area contributed by atoms with E-state index in [1.807, 2.05) is 12.1 Å². The highest BCUT2D eigenvalue weighted by molar-refractivity contribution is 7.21. The summed E-state index contributed by atoms with van der Waals surface area (Å²) in [5.41, 5.74) is 9.27. The Morgan fingerprint density at radius 2 is 1.91 bits per heavy atom. The molecule has 6 nitrogen and oxygen atoms in total. The molecule has 0 bridgehead atoms. The minimum absolute atomic E-state index is 0.290. The van der Waals surface area contributed by atoms with Crippen molar-refractivity contribution in [1.29, 1.82) is 0 Å². The first-order chi connectivity index (χ1) is 15.4. The van der Waals surface area contributed by atoms with Crippen molar-refractivity contribution in [2.75, 3.05) is 17.7 Å². The number of hydrogen-bond acceptors (Lipinski definition) is 7. The van der Waals surface area contributed by atoms with E-state index in [1.165, 1.54) is 34.0 Å². The van der Waals surface area contributed by atoms with Gasteiger partial charge in [-0.15, -0.1) is 22.7 Å². The maximum absolute atomic E-state index is 13.3. The number of nitrogens with one attached hydrogen (secondary N) is 1.